The van der Waals surface area contributed by atoms with Crippen LogP contribution in [0.2, 0.25) is 0 Å². The van der Waals surface area contributed by atoms with Crippen molar-refractivity contribution in [2.24, 2.45) is 0 Å². The molecule has 21 heavy (non-hydrogen) atoms. The number of aryl methyl sites for hydroxylation is 1. The van der Waals surface area contributed by atoms with Crippen molar-refractivity contribution in [1.29, 1.82) is 0 Å². The first-order chi connectivity index (χ1) is 9.95. The minimum absolute atomic E-state index is 0.0185. The predicted octanol–water partition coefficient (Wildman–Crippen LogP) is 2.46. The highest BCUT2D eigenvalue weighted by Crippen LogP contribution is 2.21. The number of carbonyl (C=O) groups excluding carboxylic acids is 1. The average molecular weight is 355 g/mol. The number of halogens is 1. The van der Waals surface area contributed by atoms with Gasteiger partial charge in [0.2, 0.25) is 0 Å². The Hall–Kier alpha value is -2.35. The van der Waals surface area contributed by atoms with Crippen LogP contribution in [0.5, 0.6) is 5.88 Å². The Balaban J connectivity index is 2.01. The van der Waals surface area contributed by atoms with Gasteiger partial charge in [-0.3, -0.25) is 4.79 Å². The second kappa shape index (κ2) is 6.40. The Morgan fingerprint density at radius 3 is 2.81 bits per heavy atom. The summed E-state index contributed by atoms with van der Waals surface area (Å²) in [5.41, 5.74) is 0.172. The van der Waals surface area contributed by atoms with E-state index in [-0.39, 0.29) is 23.7 Å². The SMILES string of the molecule is Cc1cc(OCC(=O)Nc2ccc(Br)cc2C(=O)O)no1. The van der Waals surface area contributed by atoms with Gasteiger partial charge in [0.25, 0.3) is 11.8 Å². The van der Waals surface area contributed by atoms with Gasteiger partial charge < -0.3 is 19.7 Å². The molecular weight excluding hydrogens is 344 g/mol. The fourth-order valence-corrected chi connectivity index (χ4v) is 1.90. The lowest BCUT2D eigenvalue weighted by Crippen LogP contribution is -2.21. The molecule has 0 spiro atoms. The maximum Gasteiger partial charge on any atom is 0.337 e. The first-order valence-corrected chi connectivity index (χ1v) is 6.64. The van der Waals surface area contributed by atoms with Gasteiger partial charge in [-0.25, -0.2) is 4.79 Å². The van der Waals surface area contributed by atoms with Crippen LogP contribution >= 0.6 is 15.9 Å². The number of carboxylic acids is 1. The van der Waals surface area contributed by atoms with Gasteiger partial charge in [-0.15, -0.1) is 0 Å². The smallest absolute Gasteiger partial charge is 0.337 e. The molecule has 0 radical (unpaired) electrons. The van der Waals surface area contributed by atoms with E-state index in [9.17, 15) is 9.59 Å². The largest absolute Gasteiger partial charge is 0.478 e. The van der Waals surface area contributed by atoms with E-state index in [2.05, 4.69) is 26.4 Å². The van der Waals surface area contributed by atoms with Gasteiger partial charge in [0.05, 0.1) is 11.3 Å². The van der Waals surface area contributed by atoms with Crippen molar-refractivity contribution in [2.45, 2.75) is 6.92 Å². The summed E-state index contributed by atoms with van der Waals surface area (Å²) in [5.74, 6) is -0.886. The third-order valence-corrected chi connectivity index (χ3v) is 2.94. The second-order valence-corrected chi connectivity index (χ2v) is 5.02. The number of aromatic carboxylic acids is 1. The van der Waals surface area contributed by atoms with Crippen LogP contribution in [0.1, 0.15) is 16.1 Å². The zero-order valence-corrected chi connectivity index (χ0v) is 12.5. The van der Waals surface area contributed by atoms with Crippen LogP contribution in [0.4, 0.5) is 5.69 Å². The third kappa shape index (κ3) is 4.06. The Morgan fingerprint density at radius 2 is 2.19 bits per heavy atom. The van der Waals surface area contributed by atoms with Crippen molar-refractivity contribution < 1.29 is 24.0 Å². The van der Waals surface area contributed by atoms with Crippen LogP contribution in [-0.4, -0.2) is 28.7 Å². The van der Waals surface area contributed by atoms with Gasteiger partial charge in [-0.05, 0) is 30.3 Å². The fourth-order valence-electron chi connectivity index (χ4n) is 1.54. The molecule has 0 aliphatic rings. The standard InChI is InChI=1S/C13H11BrN2O5/c1-7-4-12(16-21-7)20-6-11(17)15-10-3-2-8(14)5-9(10)13(18)19/h2-5H,6H2,1H3,(H,15,17)(H,18,19). The molecule has 1 heterocycles. The van der Waals surface area contributed by atoms with E-state index < -0.39 is 11.9 Å². The van der Waals surface area contributed by atoms with E-state index in [1.807, 2.05) is 0 Å². The van der Waals surface area contributed by atoms with Crippen LogP contribution in [0.25, 0.3) is 0 Å². The molecule has 8 heteroatoms. The summed E-state index contributed by atoms with van der Waals surface area (Å²) in [6.07, 6.45) is 0. The Morgan fingerprint density at radius 1 is 1.43 bits per heavy atom. The molecule has 0 saturated carbocycles. The molecule has 7 nitrogen and oxygen atoms in total. The van der Waals surface area contributed by atoms with Crippen LogP contribution < -0.4 is 10.1 Å². The summed E-state index contributed by atoms with van der Waals surface area (Å²) in [4.78, 5) is 22.9. The third-order valence-electron chi connectivity index (χ3n) is 2.44. The van der Waals surface area contributed by atoms with E-state index in [1.54, 1.807) is 13.0 Å². The summed E-state index contributed by atoms with van der Waals surface area (Å²) in [7, 11) is 0. The topological polar surface area (TPSA) is 102 Å². The molecule has 0 unspecified atom stereocenters. The normalized spacial score (nSPS) is 10.2. The molecule has 2 rings (SSSR count). The molecule has 2 N–H and O–H groups in total. The number of rotatable bonds is 5. The molecule has 0 aliphatic carbocycles. The van der Waals surface area contributed by atoms with E-state index in [4.69, 9.17) is 14.4 Å². The van der Waals surface area contributed by atoms with Gasteiger partial charge in [0.15, 0.2) is 6.61 Å². The Labute approximate surface area is 128 Å². The second-order valence-electron chi connectivity index (χ2n) is 4.11. The van der Waals surface area contributed by atoms with Crippen molar-refractivity contribution in [2.75, 3.05) is 11.9 Å². The number of anilines is 1. The van der Waals surface area contributed by atoms with Crippen molar-refractivity contribution in [3.05, 3.63) is 40.1 Å². The van der Waals surface area contributed by atoms with E-state index >= 15 is 0 Å². The highest BCUT2D eigenvalue weighted by atomic mass is 79.9. The van der Waals surface area contributed by atoms with Gasteiger partial charge in [-0.1, -0.05) is 15.9 Å². The Bertz CT molecular complexity index is 683. The van der Waals surface area contributed by atoms with Crippen molar-refractivity contribution in [3.63, 3.8) is 0 Å². The highest BCUT2D eigenvalue weighted by Gasteiger charge is 2.14. The lowest BCUT2D eigenvalue weighted by Gasteiger charge is -2.08. The summed E-state index contributed by atoms with van der Waals surface area (Å²) in [6, 6.07) is 6.06. The van der Waals surface area contributed by atoms with E-state index in [0.717, 1.165) is 0 Å². The number of aromatic nitrogens is 1. The number of benzene rings is 1. The molecule has 0 saturated heterocycles. The maximum absolute atomic E-state index is 11.8. The average Bonchev–Trinajstić information content (AvgIpc) is 2.84. The molecule has 1 aromatic carbocycles. The maximum atomic E-state index is 11.8. The number of amides is 1. The van der Waals surface area contributed by atoms with E-state index in [1.165, 1.54) is 18.2 Å². The number of nitrogens with zero attached hydrogens (tertiary/aromatic N) is 1. The van der Waals surface area contributed by atoms with Crippen LogP contribution in [0, 0.1) is 6.92 Å². The minimum Gasteiger partial charge on any atom is -0.478 e. The molecule has 2 aromatic rings. The van der Waals surface area contributed by atoms with Gasteiger partial charge in [0, 0.05) is 10.5 Å². The zero-order valence-electron chi connectivity index (χ0n) is 10.9. The lowest BCUT2D eigenvalue weighted by molar-refractivity contribution is -0.118. The Kier molecular flexibility index (Phi) is 4.59. The number of hydrogen-bond acceptors (Lipinski definition) is 5. The summed E-state index contributed by atoms with van der Waals surface area (Å²) in [5, 5.41) is 15.1. The quantitative estimate of drug-likeness (QED) is 0.854. The van der Waals surface area contributed by atoms with Crippen LogP contribution in [0.15, 0.2) is 33.3 Å². The number of ether oxygens (including phenoxy) is 1. The molecule has 0 atom stereocenters. The van der Waals surface area contributed by atoms with Crippen molar-refractivity contribution in [3.8, 4) is 5.88 Å². The first kappa shape index (κ1) is 15.0. The minimum atomic E-state index is -1.14. The fraction of sp³-hybridized carbons (Fsp3) is 0.154. The summed E-state index contributed by atoms with van der Waals surface area (Å²) < 4.78 is 10.5. The van der Waals surface area contributed by atoms with E-state index in [0.29, 0.717) is 10.2 Å². The van der Waals surface area contributed by atoms with Gasteiger partial charge >= 0.3 is 5.97 Å². The summed E-state index contributed by atoms with van der Waals surface area (Å²) >= 11 is 3.18. The van der Waals surface area contributed by atoms with Crippen LogP contribution in [-0.2, 0) is 4.79 Å². The molecular formula is C13H11BrN2O5. The zero-order chi connectivity index (χ0) is 15.4. The van der Waals surface area contributed by atoms with Crippen LogP contribution in [0.3, 0.4) is 0 Å². The van der Waals surface area contributed by atoms with Crippen molar-refractivity contribution >= 4 is 33.5 Å². The van der Waals surface area contributed by atoms with Gasteiger partial charge in [0.1, 0.15) is 5.76 Å². The highest BCUT2D eigenvalue weighted by molar-refractivity contribution is 9.10. The number of carbonyl (C=O) groups is 2. The monoisotopic (exact) mass is 354 g/mol. The van der Waals surface area contributed by atoms with Gasteiger partial charge in [-0.2, -0.15) is 0 Å². The molecule has 0 fully saturated rings. The molecule has 0 aliphatic heterocycles. The number of nitrogens with one attached hydrogen (secondary N) is 1. The molecule has 110 valence electrons. The summed E-state index contributed by atoms with van der Waals surface area (Å²) in [6.45, 7) is 1.39. The molecule has 0 bridgehead atoms. The predicted molar refractivity (Wildman–Crippen MR) is 76.5 cm³/mol. The van der Waals surface area contributed by atoms with Crippen molar-refractivity contribution in [1.82, 2.24) is 5.16 Å². The first-order valence-electron chi connectivity index (χ1n) is 5.84. The molecule has 1 aromatic heterocycles. The lowest BCUT2D eigenvalue weighted by atomic mass is 10.2. The molecule has 1 amide bonds. The number of hydrogen-bond donors (Lipinski definition) is 2. The number of carboxylic acid groups (broad SMARTS) is 1.